The summed E-state index contributed by atoms with van der Waals surface area (Å²) in [5, 5.41) is 0.873. The number of anilines is 1. The molecule has 2 aromatic carbocycles. The lowest BCUT2D eigenvalue weighted by Crippen LogP contribution is -2.42. The Labute approximate surface area is 162 Å². The molecule has 0 saturated carbocycles. The normalized spacial score (nSPS) is 14.5. The molecule has 0 saturated heterocycles. The number of para-hydroxylation sites is 2. The van der Waals surface area contributed by atoms with E-state index in [0.29, 0.717) is 11.4 Å². The van der Waals surface area contributed by atoms with E-state index in [0.717, 1.165) is 16.6 Å². The molecule has 0 aliphatic carbocycles. The predicted molar refractivity (Wildman–Crippen MR) is 112 cm³/mol. The van der Waals surface area contributed by atoms with Crippen LogP contribution in [-0.4, -0.2) is 19.8 Å². The van der Waals surface area contributed by atoms with E-state index < -0.39 is 19.8 Å². The molecule has 1 aliphatic heterocycles. The zero-order valence-electron chi connectivity index (χ0n) is 16.9. The minimum absolute atomic E-state index is 0.396. The van der Waals surface area contributed by atoms with Crippen LogP contribution in [0.4, 0.5) is 10.5 Å². The van der Waals surface area contributed by atoms with Gasteiger partial charge in [0.1, 0.15) is 19.1 Å². The maximum atomic E-state index is 13.3. The molecule has 0 spiro atoms. The van der Waals surface area contributed by atoms with Gasteiger partial charge in [0.15, 0.2) is 5.75 Å². The van der Waals surface area contributed by atoms with Gasteiger partial charge in [-0.05, 0) is 32.9 Å². The Bertz CT molecular complexity index is 876. The predicted octanol–water partition coefficient (Wildman–Crippen LogP) is 6.07. The molecule has 5 heteroatoms. The largest absolute Gasteiger partial charge is 0.462 e. The third kappa shape index (κ3) is 4.08. The number of nitrogens with zero attached hydrogens (tertiary/aromatic N) is 1. The topological polar surface area (TPSA) is 38.8 Å². The molecule has 3 rings (SSSR count). The molecule has 1 aliphatic rings. The van der Waals surface area contributed by atoms with Crippen molar-refractivity contribution in [3.8, 4) is 5.75 Å². The van der Waals surface area contributed by atoms with Crippen LogP contribution in [0, 0.1) is 0 Å². The van der Waals surface area contributed by atoms with Gasteiger partial charge in [-0.3, -0.25) is 0 Å². The molecule has 1 heterocycles. The van der Waals surface area contributed by atoms with E-state index in [4.69, 9.17) is 9.47 Å². The summed E-state index contributed by atoms with van der Waals surface area (Å²) in [6.07, 6.45) is -0.396. The molecule has 0 aromatic heterocycles. The van der Waals surface area contributed by atoms with Gasteiger partial charge in [-0.2, -0.15) is 0 Å². The minimum atomic E-state index is -1.91. The Morgan fingerprint density at radius 1 is 0.963 bits per heavy atom. The van der Waals surface area contributed by atoms with Crippen molar-refractivity contribution in [3.63, 3.8) is 0 Å². The molecule has 142 valence electrons. The fraction of sp³-hybridized carbons (Fsp3) is 0.318. The second-order valence-corrected chi connectivity index (χ2v) is 13.6. The van der Waals surface area contributed by atoms with Crippen molar-refractivity contribution in [2.24, 2.45) is 0 Å². The molecule has 0 fully saturated rings. The highest BCUT2D eigenvalue weighted by atomic mass is 28.3. The molecular weight excluding hydrogens is 354 g/mol. The van der Waals surface area contributed by atoms with Gasteiger partial charge in [-0.1, -0.05) is 62.1 Å². The van der Waals surface area contributed by atoms with Crippen LogP contribution in [0.2, 0.25) is 19.6 Å². The first-order chi connectivity index (χ1) is 12.6. The lowest BCUT2D eigenvalue weighted by atomic mass is 10.1. The first-order valence-corrected chi connectivity index (χ1v) is 12.7. The average molecular weight is 382 g/mol. The molecule has 0 N–H and O–H groups in total. The summed E-state index contributed by atoms with van der Waals surface area (Å²) in [6.45, 7) is 12.3. The molecular formula is C22H27NO3Si. The molecule has 0 unspecified atom stereocenters. The van der Waals surface area contributed by atoms with Crippen molar-refractivity contribution < 1.29 is 14.3 Å². The highest BCUT2D eigenvalue weighted by Crippen LogP contribution is 2.44. The standard InChI is InChI=1S/C22H27NO3Si/c1-22(2,3)26-21(24)23-17-14-10-11-15-18(17)25-20(27(4,5)6)19(23)16-12-8-7-9-13-16/h7-15H,1-6H3. The van der Waals surface area contributed by atoms with Crippen molar-refractivity contribution >= 4 is 25.6 Å². The quantitative estimate of drug-likeness (QED) is 0.593. The maximum absolute atomic E-state index is 13.3. The number of carbonyl (C=O) groups excluding carboxylic acids is 1. The van der Waals surface area contributed by atoms with Gasteiger partial charge in [0.25, 0.3) is 0 Å². The van der Waals surface area contributed by atoms with Crippen LogP contribution in [0.25, 0.3) is 5.70 Å². The monoisotopic (exact) mass is 381 g/mol. The van der Waals surface area contributed by atoms with Crippen LogP contribution in [0.1, 0.15) is 26.3 Å². The van der Waals surface area contributed by atoms with Crippen molar-refractivity contribution in [1.82, 2.24) is 0 Å². The first kappa shape index (κ1) is 19.2. The number of amides is 1. The number of carbonyl (C=O) groups is 1. The van der Waals surface area contributed by atoms with Gasteiger partial charge in [0, 0.05) is 5.56 Å². The SMILES string of the molecule is CC(C)(C)OC(=O)N1C(c2ccccc2)=C([Si](C)(C)C)Oc2ccccc21. The zero-order valence-corrected chi connectivity index (χ0v) is 17.9. The van der Waals surface area contributed by atoms with E-state index in [1.54, 1.807) is 4.90 Å². The van der Waals surface area contributed by atoms with E-state index in [-0.39, 0.29) is 0 Å². The van der Waals surface area contributed by atoms with E-state index in [2.05, 4.69) is 19.6 Å². The van der Waals surface area contributed by atoms with Crippen LogP contribution in [-0.2, 0) is 4.74 Å². The summed E-state index contributed by atoms with van der Waals surface area (Å²) in [7, 11) is -1.91. The Balaban J connectivity index is 2.26. The van der Waals surface area contributed by atoms with E-state index in [1.165, 1.54) is 0 Å². The molecule has 27 heavy (non-hydrogen) atoms. The average Bonchev–Trinajstić information content (AvgIpc) is 2.58. The van der Waals surface area contributed by atoms with Crippen LogP contribution >= 0.6 is 0 Å². The Morgan fingerprint density at radius 3 is 2.15 bits per heavy atom. The highest BCUT2D eigenvalue weighted by molar-refractivity contribution is 6.83. The Hall–Kier alpha value is -2.53. The lowest BCUT2D eigenvalue weighted by Gasteiger charge is -2.37. The van der Waals surface area contributed by atoms with Crippen molar-refractivity contribution in [3.05, 3.63) is 65.5 Å². The van der Waals surface area contributed by atoms with E-state index >= 15 is 0 Å². The van der Waals surface area contributed by atoms with Crippen LogP contribution in [0.15, 0.2) is 60.0 Å². The van der Waals surface area contributed by atoms with Crippen LogP contribution in [0.3, 0.4) is 0 Å². The van der Waals surface area contributed by atoms with Crippen molar-refractivity contribution in [2.45, 2.75) is 46.0 Å². The van der Waals surface area contributed by atoms with Crippen molar-refractivity contribution in [2.75, 3.05) is 4.90 Å². The summed E-state index contributed by atoms with van der Waals surface area (Å²) in [4.78, 5) is 14.9. The van der Waals surface area contributed by atoms with Gasteiger partial charge in [-0.15, -0.1) is 0 Å². The van der Waals surface area contributed by atoms with Crippen LogP contribution < -0.4 is 9.64 Å². The van der Waals surface area contributed by atoms with Gasteiger partial charge in [-0.25, -0.2) is 9.69 Å². The zero-order chi connectivity index (χ0) is 19.8. The summed E-state index contributed by atoms with van der Waals surface area (Å²) in [5.74, 6) is 0.681. The number of hydrogen-bond acceptors (Lipinski definition) is 3. The summed E-state index contributed by atoms with van der Waals surface area (Å²) < 4.78 is 12.1. The minimum Gasteiger partial charge on any atom is -0.462 e. The van der Waals surface area contributed by atoms with E-state index in [1.807, 2.05) is 75.4 Å². The lowest BCUT2D eigenvalue weighted by molar-refractivity contribution is 0.0597. The molecule has 4 nitrogen and oxygen atoms in total. The summed E-state index contributed by atoms with van der Waals surface area (Å²) >= 11 is 0. The summed E-state index contributed by atoms with van der Waals surface area (Å²) in [5.41, 5.74) is 1.83. The third-order valence-electron chi connectivity index (χ3n) is 4.06. The number of fused-ring (bicyclic) bond motifs is 1. The molecule has 0 radical (unpaired) electrons. The molecule has 0 bridgehead atoms. The number of benzene rings is 2. The smallest absolute Gasteiger partial charge is 0.419 e. The van der Waals surface area contributed by atoms with Gasteiger partial charge < -0.3 is 9.47 Å². The number of hydrogen-bond donors (Lipinski definition) is 0. The van der Waals surface area contributed by atoms with Gasteiger partial charge in [0.05, 0.1) is 11.4 Å². The second kappa shape index (κ2) is 6.89. The fourth-order valence-corrected chi connectivity index (χ4v) is 4.35. The van der Waals surface area contributed by atoms with E-state index in [9.17, 15) is 4.79 Å². The number of ether oxygens (including phenoxy) is 2. The van der Waals surface area contributed by atoms with Gasteiger partial charge >= 0.3 is 6.09 Å². The fourth-order valence-electron chi connectivity index (χ4n) is 2.97. The van der Waals surface area contributed by atoms with Crippen LogP contribution in [0.5, 0.6) is 5.75 Å². The molecule has 1 amide bonds. The van der Waals surface area contributed by atoms with Crippen molar-refractivity contribution in [1.29, 1.82) is 0 Å². The second-order valence-electron chi connectivity index (χ2n) is 8.68. The third-order valence-corrected chi connectivity index (χ3v) is 5.76. The molecule has 2 aromatic rings. The maximum Gasteiger partial charge on any atom is 0.419 e. The summed E-state index contributed by atoms with van der Waals surface area (Å²) in [6, 6.07) is 17.5. The Kier molecular flexibility index (Phi) is 4.91. The number of rotatable bonds is 2. The Morgan fingerprint density at radius 2 is 1.56 bits per heavy atom. The first-order valence-electron chi connectivity index (χ1n) is 9.18. The molecule has 0 atom stereocenters. The van der Waals surface area contributed by atoms with Gasteiger partial charge in [0.2, 0.25) is 0 Å². The highest BCUT2D eigenvalue weighted by Gasteiger charge is 2.39.